The molecule has 3 rings (SSSR count). The number of hydrogen-bond donors (Lipinski definition) is 3. The van der Waals surface area contributed by atoms with Crippen LogP contribution >= 0.6 is 0 Å². The Bertz CT molecular complexity index is 994. The number of methoxy groups -OCH3 is 1. The van der Waals surface area contributed by atoms with Crippen molar-refractivity contribution in [1.29, 1.82) is 0 Å². The average molecular weight is 469 g/mol. The zero-order valence-corrected chi connectivity index (χ0v) is 19.8. The Hall–Kier alpha value is -3.39. The minimum absolute atomic E-state index is 0.1000. The number of ether oxygens (including phenoxy) is 2. The molecular weight excluding hydrogens is 436 g/mol. The van der Waals surface area contributed by atoms with Crippen molar-refractivity contribution in [3.05, 3.63) is 59.7 Å². The topological polar surface area (TPSA) is 114 Å². The van der Waals surface area contributed by atoms with Gasteiger partial charge in [0, 0.05) is 19.6 Å². The van der Waals surface area contributed by atoms with Crippen molar-refractivity contribution in [3.8, 4) is 11.1 Å². The van der Waals surface area contributed by atoms with Gasteiger partial charge in [-0.3, -0.25) is 4.79 Å². The fraction of sp³-hybridized carbons (Fsp3) is 0.423. The van der Waals surface area contributed by atoms with Crippen LogP contribution in [0.4, 0.5) is 4.79 Å². The van der Waals surface area contributed by atoms with Crippen LogP contribution in [0, 0.1) is 0 Å². The normalized spacial score (nSPS) is 14.9. The summed E-state index contributed by atoms with van der Waals surface area (Å²) in [5, 5.41) is 14.6. The highest BCUT2D eigenvalue weighted by Crippen LogP contribution is 2.44. The van der Waals surface area contributed by atoms with E-state index in [1.165, 1.54) is 7.11 Å². The van der Waals surface area contributed by atoms with Gasteiger partial charge in [-0.25, -0.2) is 9.59 Å². The molecule has 0 radical (unpaired) electrons. The highest BCUT2D eigenvalue weighted by molar-refractivity contribution is 5.92. The molecule has 3 N–H and O–H groups in total. The van der Waals surface area contributed by atoms with Crippen molar-refractivity contribution in [2.45, 2.75) is 50.6 Å². The molecule has 0 spiro atoms. The first-order valence-electron chi connectivity index (χ1n) is 11.5. The van der Waals surface area contributed by atoms with Crippen molar-refractivity contribution in [2.24, 2.45) is 0 Å². The van der Waals surface area contributed by atoms with Gasteiger partial charge in [0.2, 0.25) is 5.91 Å². The Morgan fingerprint density at radius 2 is 1.65 bits per heavy atom. The van der Waals surface area contributed by atoms with E-state index < -0.39 is 29.6 Å². The molecule has 2 amide bonds. The molecule has 0 saturated carbocycles. The van der Waals surface area contributed by atoms with Gasteiger partial charge >= 0.3 is 12.1 Å². The van der Waals surface area contributed by atoms with Crippen molar-refractivity contribution < 1.29 is 29.0 Å². The molecule has 2 aromatic carbocycles. The molecule has 0 fully saturated rings. The summed E-state index contributed by atoms with van der Waals surface area (Å²) in [7, 11) is 1.53. The summed E-state index contributed by atoms with van der Waals surface area (Å²) in [4.78, 5) is 37.1. The first kappa shape index (κ1) is 25.2. The van der Waals surface area contributed by atoms with Gasteiger partial charge < -0.3 is 25.2 Å². The van der Waals surface area contributed by atoms with Crippen LogP contribution in [0.15, 0.2) is 48.5 Å². The van der Waals surface area contributed by atoms with Crippen molar-refractivity contribution in [1.82, 2.24) is 10.6 Å². The molecule has 1 aliphatic carbocycles. The third-order valence-electron chi connectivity index (χ3n) is 6.37. The third kappa shape index (κ3) is 5.56. The Kier molecular flexibility index (Phi) is 8.28. The predicted octanol–water partition coefficient (Wildman–Crippen LogP) is 3.69. The number of fused-ring (bicyclic) bond motifs is 3. The minimum atomic E-state index is -1.32. The molecule has 34 heavy (non-hydrogen) atoms. The number of carbonyl (C=O) groups is 3. The van der Waals surface area contributed by atoms with Crippen LogP contribution in [0.25, 0.3) is 11.1 Å². The van der Waals surface area contributed by atoms with Gasteiger partial charge in [-0.05, 0) is 48.4 Å². The number of alkyl carbamates (subject to hydrolysis) is 1. The van der Waals surface area contributed by atoms with Crippen LogP contribution in [0.1, 0.15) is 50.2 Å². The Labute approximate surface area is 199 Å². The summed E-state index contributed by atoms with van der Waals surface area (Å²) in [5.74, 6) is -1.81. The molecule has 0 bridgehead atoms. The molecule has 8 heteroatoms. The number of amides is 2. The van der Waals surface area contributed by atoms with E-state index >= 15 is 0 Å². The van der Waals surface area contributed by atoms with Crippen LogP contribution in [0.5, 0.6) is 0 Å². The highest BCUT2D eigenvalue weighted by atomic mass is 16.5. The first-order chi connectivity index (χ1) is 16.3. The van der Waals surface area contributed by atoms with Crippen molar-refractivity contribution >= 4 is 18.0 Å². The second kappa shape index (κ2) is 11.2. The molecule has 0 saturated heterocycles. The fourth-order valence-electron chi connectivity index (χ4n) is 4.17. The number of rotatable bonds is 11. The van der Waals surface area contributed by atoms with E-state index in [0.717, 1.165) is 22.3 Å². The Morgan fingerprint density at radius 1 is 1.06 bits per heavy atom. The molecule has 0 aromatic heterocycles. The zero-order chi connectivity index (χ0) is 24.7. The maximum Gasteiger partial charge on any atom is 0.408 e. The molecule has 8 nitrogen and oxygen atoms in total. The van der Waals surface area contributed by atoms with Gasteiger partial charge in [0.1, 0.15) is 18.2 Å². The quantitative estimate of drug-likeness (QED) is 0.434. The lowest BCUT2D eigenvalue weighted by Crippen LogP contribution is -2.59. The van der Waals surface area contributed by atoms with Crippen LogP contribution in [-0.4, -0.2) is 55.0 Å². The van der Waals surface area contributed by atoms with E-state index in [4.69, 9.17) is 9.47 Å². The monoisotopic (exact) mass is 468 g/mol. The summed E-state index contributed by atoms with van der Waals surface area (Å²) in [6, 6.07) is 15.0. The average Bonchev–Trinajstić information content (AvgIpc) is 3.15. The summed E-state index contributed by atoms with van der Waals surface area (Å²) in [6.07, 6.45) is 0.233. The molecule has 2 aromatic rings. The van der Waals surface area contributed by atoms with Gasteiger partial charge in [0.05, 0.1) is 0 Å². The number of hydrogen-bond acceptors (Lipinski definition) is 5. The Balaban J connectivity index is 1.64. The summed E-state index contributed by atoms with van der Waals surface area (Å²) in [6.45, 7) is 3.81. The minimum Gasteiger partial charge on any atom is -0.480 e. The van der Waals surface area contributed by atoms with Gasteiger partial charge in [0.15, 0.2) is 0 Å². The number of carboxylic acid groups (broad SMARTS) is 1. The standard InChI is InChI=1S/C26H32N2O6/c1-4-26(2,24(31)27-22(23(29)30)14-9-15-33-3)28-25(32)34-16-21-19-12-7-5-10-17(19)18-11-6-8-13-20(18)21/h5-8,10-13,21-22H,4,9,14-16H2,1-3H3,(H,27,31)(H,28,32)(H,29,30). The smallest absolute Gasteiger partial charge is 0.408 e. The number of carbonyl (C=O) groups excluding carboxylic acids is 2. The molecule has 2 unspecified atom stereocenters. The largest absolute Gasteiger partial charge is 0.480 e. The lowest BCUT2D eigenvalue weighted by molar-refractivity contribution is -0.143. The third-order valence-corrected chi connectivity index (χ3v) is 6.37. The molecular formula is C26H32N2O6. The van der Waals surface area contributed by atoms with Crippen LogP contribution in [0.3, 0.4) is 0 Å². The van der Waals surface area contributed by atoms with Crippen molar-refractivity contribution in [3.63, 3.8) is 0 Å². The number of carboxylic acids is 1. The van der Waals surface area contributed by atoms with Gasteiger partial charge in [-0.2, -0.15) is 0 Å². The van der Waals surface area contributed by atoms with Crippen LogP contribution < -0.4 is 10.6 Å². The molecule has 0 aliphatic heterocycles. The van der Waals surface area contributed by atoms with Crippen LogP contribution in [0.2, 0.25) is 0 Å². The molecule has 0 heterocycles. The molecule has 182 valence electrons. The van der Waals surface area contributed by atoms with E-state index in [1.54, 1.807) is 13.8 Å². The maximum atomic E-state index is 12.9. The number of aliphatic carboxylic acids is 1. The SMILES string of the molecule is CCC(C)(NC(=O)OCC1c2ccccc2-c2ccccc21)C(=O)NC(CCCOC)C(=O)O. The van der Waals surface area contributed by atoms with E-state index in [0.29, 0.717) is 13.0 Å². The second-order valence-corrected chi connectivity index (χ2v) is 8.64. The van der Waals surface area contributed by atoms with Gasteiger partial charge in [-0.15, -0.1) is 0 Å². The highest BCUT2D eigenvalue weighted by Gasteiger charge is 2.37. The van der Waals surface area contributed by atoms with E-state index in [2.05, 4.69) is 22.8 Å². The van der Waals surface area contributed by atoms with E-state index in [9.17, 15) is 19.5 Å². The maximum absolute atomic E-state index is 12.9. The van der Waals surface area contributed by atoms with E-state index in [1.807, 2.05) is 36.4 Å². The Morgan fingerprint density at radius 3 is 2.18 bits per heavy atom. The van der Waals surface area contributed by atoms with Gasteiger partial charge in [0.25, 0.3) is 0 Å². The molecule has 1 aliphatic rings. The molecule has 2 atom stereocenters. The number of nitrogens with one attached hydrogen (secondary N) is 2. The summed E-state index contributed by atoms with van der Waals surface area (Å²) >= 11 is 0. The summed E-state index contributed by atoms with van der Waals surface area (Å²) in [5.41, 5.74) is 3.11. The van der Waals surface area contributed by atoms with Crippen molar-refractivity contribution in [2.75, 3.05) is 20.3 Å². The number of benzene rings is 2. The predicted molar refractivity (Wildman–Crippen MR) is 128 cm³/mol. The van der Waals surface area contributed by atoms with Gasteiger partial charge in [-0.1, -0.05) is 55.5 Å². The second-order valence-electron chi connectivity index (χ2n) is 8.64. The zero-order valence-electron chi connectivity index (χ0n) is 19.8. The fourth-order valence-corrected chi connectivity index (χ4v) is 4.17. The van der Waals surface area contributed by atoms with E-state index in [-0.39, 0.29) is 25.4 Å². The lowest BCUT2D eigenvalue weighted by Gasteiger charge is -2.29. The summed E-state index contributed by atoms with van der Waals surface area (Å²) < 4.78 is 10.5. The first-order valence-corrected chi connectivity index (χ1v) is 11.5. The van der Waals surface area contributed by atoms with Crippen LogP contribution in [-0.2, 0) is 19.1 Å². The lowest BCUT2D eigenvalue weighted by atomic mass is 9.97.